The topological polar surface area (TPSA) is 59.2 Å². The van der Waals surface area contributed by atoms with Gasteiger partial charge in [0.1, 0.15) is 0 Å². The SMILES string of the molecule is O=C(CCc1nnc(-c2ccsc2)o1)N1CC=C(c2ccccc2)CC1. The number of amides is 1. The molecule has 0 saturated heterocycles. The van der Waals surface area contributed by atoms with E-state index in [1.807, 2.05) is 39.9 Å². The average Bonchev–Trinajstić information content (AvgIpc) is 3.38. The van der Waals surface area contributed by atoms with Gasteiger partial charge >= 0.3 is 0 Å². The lowest BCUT2D eigenvalue weighted by Crippen LogP contribution is -2.34. The molecule has 0 saturated carbocycles. The highest BCUT2D eigenvalue weighted by Gasteiger charge is 2.19. The van der Waals surface area contributed by atoms with E-state index in [4.69, 9.17) is 4.42 Å². The van der Waals surface area contributed by atoms with E-state index in [9.17, 15) is 4.79 Å². The molecule has 3 heterocycles. The molecule has 0 spiro atoms. The van der Waals surface area contributed by atoms with Crippen molar-refractivity contribution < 1.29 is 9.21 Å². The highest BCUT2D eigenvalue weighted by Crippen LogP contribution is 2.23. The number of carbonyl (C=O) groups is 1. The van der Waals surface area contributed by atoms with Crippen LogP contribution < -0.4 is 0 Å². The second-order valence-electron chi connectivity index (χ2n) is 6.20. The summed E-state index contributed by atoms with van der Waals surface area (Å²) in [6, 6.07) is 12.3. The number of benzene rings is 1. The van der Waals surface area contributed by atoms with Gasteiger partial charge < -0.3 is 9.32 Å². The number of hydrogen-bond acceptors (Lipinski definition) is 5. The summed E-state index contributed by atoms with van der Waals surface area (Å²) in [5, 5.41) is 12.0. The third kappa shape index (κ3) is 3.75. The maximum Gasteiger partial charge on any atom is 0.248 e. The molecule has 6 heteroatoms. The summed E-state index contributed by atoms with van der Waals surface area (Å²) in [7, 11) is 0. The van der Waals surface area contributed by atoms with Gasteiger partial charge in [-0.05, 0) is 29.0 Å². The number of hydrogen-bond donors (Lipinski definition) is 0. The summed E-state index contributed by atoms with van der Waals surface area (Å²) in [5.74, 6) is 1.16. The van der Waals surface area contributed by atoms with Gasteiger partial charge in [-0.25, -0.2) is 0 Å². The molecule has 0 N–H and O–H groups in total. The van der Waals surface area contributed by atoms with E-state index in [0.717, 1.165) is 18.5 Å². The molecule has 26 heavy (non-hydrogen) atoms. The largest absolute Gasteiger partial charge is 0.421 e. The van der Waals surface area contributed by atoms with Crippen molar-refractivity contribution in [3.63, 3.8) is 0 Å². The minimum atomic E-state index is 0.128. The zero-order chi connectivity index (χ0) is 17.8. The first-order valence-corrected chi connectivity index (χ1v) is 9.61. The van der Waals surface area contributed by atoms with Crippen LogP contribution in [0.4, 0.5) is 0 Å². The van der Waals surface area contributed by atoms with Crippen molar-refractivity contribution in [3.05, 3.63) is 64.7 Å². The fourth-order valence-corrected chi connectivity index (χ4v) is 3.67. The Kier molecular flexibility index (Phi) is 4.93. The van der Waals surface area contributed by atoms with Gasteiger partial charge in [0.25, 0.3) is 0 Å². The summed E-state index contributed by atoms with van der Waals surface area (Å²) in [6.07, 6.45) is 3.90. The monoisotopic (exact) mass is 365 g/mol. The van der Waals surface area contributed by atoms with Crippen LogP contribution in [-0.4, -0.2) is 34.1 Å². The van der Waals surface area contributed by atoms with Crippen LogP contribution in [0.5, 0.6) is 0 Å². The number of nitrogens with zero attached hydrogens (tertiary/aromatic N) is 3. The number of thiophene rings is 1. The molecule has 1 aromatic carbocycles. The summed E-state index contributed by atoms with van der Waals surface area (Å²) < 4.78 is 5.64. The number of rotatable bonds is 5. The molecule has 1 aliphatic rings. The van der Waals surface area contributed by atoms with Crippen molar-refractivity contribution in [2.75, 3.05) is 13.1 Å². The third-order valence-electron chi connectivity index (χ3n) is 4.49. The van der Waals surface area contributed by atoms with E-state index >= 15 is 0 Å². The Bertz CT molecular complexity index is 900. The molecule has 4 rings (SSSR count). The molecule has 5 nitrogen and oxygen atoms in total. The molecule has 1 amide bonds. The standard InChI is InChI=1S/C20H19N3O2S/c24-19(7-6-18-21-22-20(25-18)17-10-13-26-14-17)23-11-8-16(9-12-23)15-4-2-1-3-5-15/h1-5,8,10,13-14H,6-7,9,11-12H2. The van der Waals surface area contributed by atoms with Gasteiger partial charge in [-0.2, -0.15) is 11.3 Å². The Balaban J connectivity index is 1.31. The lowest BCUT2D eigenvalue weighted by atomic mass is 9.99. The van der Waals surface area contributed by atoms with Gasteiger partial charge in [-0.1, -0.05) is 36.4 Å². The van der Waals surface area contributed by atoms with Crippen LogP contribution in [0.25, 0.3) is 17.0 Å². The molecule has 0 atom stereocenters. The van der Waals surface area contributed by atoms with Crippen LogP contribution >= 0.6 is 11.3 Å². The molecule has 132 valence electrons. The molecule has 2 aromatic heterocycles. The normalized spacial score (nSPS) is 14.3. The van der Waals surface area contributed by atoms with Crippen molar-refractivity contribution in [1.29, 1.82) is 0 Å². The van der Waals surface area contributed by atoms with E-state index in [2.05, 4.69) is 28.4 Å². The molecule has 0 unspecified atom stereocenters. The van der Waals surface area contributed by atoms with E-state index in [1.54, 1.807) is 11.3 Å². The minimum Gasteiger partial charge on any atom is -0.421 e. The lowest BCUT2D eigenvalue weighted by molar-refractivity contribution is -0.130. The molecule has 0 fully saturated rings. The summed E-state index contributed by atoms with van der Waals surface area (Å²) >= 11 is 1.59. The number of carbonyl (C=O) groups excluding carboxylic acids is 1. The van der Waals surface area contributed by atoms with Gasteiger partial charge in [0.05, 0.1) is 0 Å². The van der Waals surface area contributed by atoms with Gasteiger partial charge in [0, 0.05) is 36.9 Å². The number of aromatic nitrogens is 2. The summed E-state index contributed by atoms with van der Waals surface area (Å²) in [5.41, 5.74) is 3.48. The lowest BCUT2D eigenvalue weighted by Gasteiger charge is -2.26. The third-order valence-corrected chi connectivity index (χ3v) is 5.18. The van der Waals surface area contributed by atoms with Crippen molar-refractivity contribution in [3.8, 4) is 11.5 Å². The van der Waals surface area contributed by atoms with E-state index in [1.165, 1.54) is 11.1 Å². The maximum atomic E-state index is 12.5. The second-order valence-corrected chi connectivity index (χ2v) is 6.98. The van der Waals surface area contributed by atoms with Crippen molar-refractivity contribution in [1.82, 2.24) is 15.1 Å². The van der Waals surface area contributed by atoms with Crippen molar-refractivity contribution in [2.24, 2.45) is 0 Å². The second kappa shape index (κ2) is 7.66. The first-order chi connectivity index (χ1) is 12.8. The van der Waals surface area contributed by atoms with Gasteiger partial charge in [-0.15, -0.1) is 10.2 Å². The zero-order valence-corrected chi connectivity index (χ0v) is 15.1. The molecule has 0 radical (unpaired) electrons. The molecule has 1 aliphatic heterocycles. The molecule has 0 aliphatic carbocycles. The smallest absolute Gasteiger partial charge is 0.248 e. The Morgan fingerprint density at radius 2 is 2.04 bits per heavy atom. The Labute approximate surface area is 156 Å². The average molecular weight is 365 g/mol. The number of aryl methyl sites for hydroxylation is 1. The Hall–Kier alpha value is -2.73. The van der Waals surface area contributed by atoms with E-state index in [0.29, 0.717) is 31.2 Å². The van der Waals surface area contributed by atoms with Crippen LogP contribution in [0, 0.1) is 0 Å². The molecule has 0 bridgehead atoms. The summed E-state index contributed by atoms with van der Waals surface area (Å²) in [4.78, 5) is 14.4. The molecule has 3 aromatic rings. The van der Waals surface area contributed by atoms with Crippen molar-refractivity contribution >= 4 is 22.8 Å². The fraction of sp³-hybridized carbons (Fsp3) is 0.250. The van der Waals surface area contributed by atoms with Crippen LogP contribution in [0.2, 0.25) is 0 Å². The van der Waals surface area contributed by atoms with Crippen LogP contribution in [-0.2, 0) is 11.2 Å². The Morgan fingerprint density at radius 3 is 2.77 bits per heavy atom. The van der Waals surface area contributed by atoms with E-state index in [-0.39, 0.29) is 5.91 Å². The van der Waals surface area contributed by atoms with Crippen LogP contribution in [0.3, 0.4) is 0 Å². The van der Waals surface area contributed by atoms with Crippen LogP contribution in [0.1, 0.15) is 24.3 Å². The zero-order valence-electron chi connectivity index (χ0n) is 14.3. The fourth-order valence-electron chi connectivity index (χ4n) is 3.04. The predicted molar refractivity (Wildman–Crippen MR) is 102 cm³/mol. The molecular formula is C20H19N3O2S. The summed E-state index contributed by atoms with van der Waals surface area (Å²) in [6.45, 7) is 1.41. The maximum absolute atomic E-state index is 12.5. The van der Waals surface area contributed by atoms with Crippen LogP contribution in [0.15, 0.2) is 57.7 Å². The minimum absolute atomic E-state index is 0.128. The predicted octanol–water partition coefficient (Wildman–Crippen LogP) is 4.05. The van der Waals surface area contributed by atoms with Gasteiger partial charge in [-0.3, -0.25) is 4.79 Å². The highest BCUT2D eigenvalue weighted by atomic mass is 32.1. The molecular weight excluding hydrogens is 346 g/mol. The highest BCUT2D eigenvalue weighted by molar-refractivity contribution is 7.08. The van der Waals surface area contributed by atoms with Gasteiger partial charge in [0.2, 0.25) is 17.7 Å². The first kappa shape index (κ1) is 16.7. The van der Waals surface area contributed by atoms with E-state index < -0.39 is 0 Å². The quantitative estimate of drug-likeness (QED) is 0.684. The Morgan fingerprint density at radius 1 is 1.15 bits per heavy atom. The van der Waals surface area contributed by atoms with Gasteiger partial charge in [0.15, 0.2) is 0 Å². The first-order valence-electron chi connectivity index (χ1n) is 8.67. The van der Waals surface area contributed by atoms with Crippen molar-refractivity contribution in [2.45, 2.75) is 19.3 Å².